The molecule has 4 heterocycles. The van der Waals surface area contributed by atoms with Crippen molar-refractivity contribution in [3.8, 4) is 5.75 Å². The average molecular weight is 447 g/mol. The van der Waals surface area contributed by atoms with Crippen molar-refractivity contribution in [2.24, 2.45) is 5.73 Å². The molecule has 170 valence electrons. The van der Waals surface area contributed by atoms with Crippen molar-refractivity contribution in [2.45, 2.75) is 24.9 Å². The van der Waals surface area contributed by atoms with Crippen molar-refractivity contribution in [1.82, 2.24) is 9.97 Å². The van der Waals surface area contributed by atoms with Gasteiger partial charge in [-0.3, -0.25) is 4.79 Å². The molecule has 3 aromatic rings. The van der Waals surface area contributed by atoms with Crippen LogP contribution in [-0.4, -0.2) is 54.2 Å². The summed E-state index contributed by atoms with van der Waals surface area (Å²) < 4.78 is 11.7. The SMILES string of the molecule is NC(=O)c1cnc(Nc2ccc3c(c2)OCC2CN(c4ccco4)CCN32)nc1NC1CC1. The zero-order valence-corrected chi connectivity index (χ0v) is 18.0. The highest BCUT2D eigenvalue weighted by molar-refractivity contribution is 5.97. The number of aromatic nitrogens is 2. The Hall–Kier alpha value is -3.95. The lowest BCUT2D eigenvalue weighted by molar-refractivity contribution is 0.100. The number of furan rings is 1. The van der Waals surface area contributed by atoms with E-state index in [1.807, 2.05) is 24.3 Å². The summed E-state index contributed by atoms with van der Waals surface area (Å²) in [4.78, 5) is 25.1. The lowest BCUT2D eigenvalue weighted by Crippen LogP contribution is -2.57. The van der Waals surface area contributed by atoms with Crippen molar-refractivity contribution < 1.29 is 13.9 Å². The second-order valence-corrected chi connectivity index (χ2v) is 8.60. The summed E-state index contributed by atoms with van der Waals surface area (Å²) >= 11 is 0. The predicted molar refractivity (Wildman–Crippen MR) is 124 cm³/mol. The predicted octanol–water partition coefficient (Wildman–Crippen LogP) is 2.57. The highest BCUT2D eigenvalue weighted by Gasteiger charge is 2.33. The molecule has 1 saturated heterocycles. The standard InChI is InChI=1S/C23H25N7O3/c24-21(31)17-11-25-23(28-22(17)26-14-3-4-14)27-15-5-6-18-19(10-15)33-13-16-12-29(7-8-30(16)18)20-2-1-9-32-20/h1-2,5-6,9-11,14,16H,3-4,7-8,12-13H2,(H2,24,31)(H2,25,26,27,28). The van der Waals surface area contributed by atoms with Gasteiger partial charge in [0.15, 0.2) is 5.88 Å². The van der Waals surface area contributed by atoms with Gasteiger partial charge in [-0.2, -0.15) is 4.98 Å². The van der Waals surface area contributed by atoms with E-state index in [0.29, 0.717) is 30.0 Å². The van der Waals surface area contributed by atoms with Gasteiger partial charge in [0, 0.05) is 49.7 Å². The third-order valence-electron chi connectivity index (χ3n) is 6.23. The largest absolute Gasteiger partial charge is 0.489 e. The second-order valence-electron chi connectivity index (χ2n) is 8.60. The molecule has 1 aliphatic carbocycles. The average Bonchev–Trinajstić information content (AvgIpc) is 3.46. The molecule has 6 rings (SSSR count). The molecule has 1 aromatic carbocycles. The van der Waals surface area contributed by atoms with E-state index in [4.69, 9.17) is 14.9 Å². The lowest BCUT2D eigenvalue weighted by Gasteiger charge is -2.45. The van der Waals surface area contributed by atoms with E-state index in [-0.39, 0.29) is 6.04 Å². The maximum Gasteiger partial charge on any atom is 0.254 e. The van der Waals surface area contributed by atoms with E-state index in [0.717, 1.165) is 55.5 Å². The third-order valence-corrected chi connectivity index (χ3v) is 6.23. The van der Waals surface area contributed by atoms with Crippen molar-refractivity contribution >= 4 is 34.9 Å². The van der Waals surface area contributed by atoms with Gasteiger partial charge in [-0.1, -0.05) is 0 Å². The fourth-order valence-corrected chi connectivity index (χ4v) is 4.38. The Labute approximate surface area is 190 Å². The number of rotatable bonds is 6. The first-order chi connectivity index (χ1) is 16.1. The van der Waals surface area contributed by atoms with E-state index in [1.165, 1.54) is 6.20 Å². The topological polar surface area (TPSA) is 122 Å². The highest BCUT2D eigenvalue weighted by Crippen LogP contribution is 2.38. The van der Waals surface area contributed by atoms with E-state index in [1.54, 1.807) is 6.26 Å². The van der Waals surface area contributed by atoms with E-state index < -0.39 is 5.91 Å². The van der Waals surface area contributed by atoms with Gasteiger partial charge in [0.2, 0.25) is 5.95 Å². The molecule has 0 spiro atoms. The minimum absolute atomic E-state index is 0.260. The van der Waals surface area contributed by atoms with Crippen molar-refractivity contribution in [3.63, 3.8) is 0 Å². The quantitative estimate of drug-likeness (QED) is 0.523. The molecule has 33 heavy (non-hydrogen) atoms. The summed E-state index contributed by atoms with van der Waals surface area (Å²) in [5.74, 6) is 2.04. The number of benzene rings is 1. The third kappa shape index (κ3) is 3.88. The number of carbonyl (C=O) groups is 1. The van der Waals surface area contributed by atoms with Gasteiger partial charge in [0.05, 0.1) is 23.6 Å². The van der Waals surface area contributed by atoms with Crippen LogP contribution in [0.2, 0.25) is 0 Å². The number of anilines is 5. The minimum atomic E-state index is -0.548. The Balaban J connectivity index is 1.19. The molecule has 1 saturated carbocycles. The number of hydrogen-bond donors (Lipinski definition) is 3. The summed E-state index contributed by atoms with van der Waals surface area (Å²) in [6.07, 6.45) is 5.28. The number of piperazine rings is 1. The molecule has 3 aliphatic rings. The molecule has 10 nitrogen and oxygen atoms in total. The van der Waals surface area contributed by atoms with Crippen LogP contribution in [0.15, 0.2) is 47.2 Å². The smallest absolute Gasteiger partial charge is 0.254 e. The fraction of sp³-hybridized carbons (Fsp3) is 0.348. The highest BCUT2D eigenvalue weighted by atomic mass is 16.5. The number of nitrogens with two attached hydrogens (primary N) is 1. The first kappa shape index (κ1) is 19.7. The Morgan fingerprint density at radius 1 is 1.21 bits per heavy atom. The molecular formula is C23H25N7O3. The molecule has 1 amide bonds. The van der Waals surface area contributed by atoms with Crippen LogP contribution in [0, 0.1) is 0 Å². The van der Waals surface area contributed by atoms with Gasteiger partial charge in [-0.15, -0.1) is 0 Å². The van der Waals surface area contributed by atoms with Crippen molar-refractivity contribution in [2.75, 3.05) is 46.7 Å². The van der Waals surface area contributed by atoms with Gasteiger partial charge in [0.25, 0.3) is 5.91 Å². The molecule has 1 atom stereocenters. The van der Waals surface area contributed by atoms with Gasteiger partial charge in [-0.05, 0) is 31.0 Å². The number of hydrogen-bond acceptors (Lipinski definition) is 9. The number of amides is 1. The summed E-state index contributed by atoms with van der Waals surface area (Å²) in [7, 11) is 0. The zero-order valence-electron chi connectivity index (χ0n) is 18.0. The lowest BCUT2D eigenvalue weighted by atomic mass is 10.1. The Morgan fingerprint density at radius 3 is 2.91 bits per heavy atom. The van der Waals surface area contributed by atoms with E-state index in [9.17, 15) is 4.79 Å². The summed E-state index contributed by atoms with van der Waals surface area (Å²) in [5, 5.41) is 6.47. The molecule has 1 unspecified atom stereocenters. The van der Waals surface area contributed by atoms with Crippen LogP contribution >= 0.6 is 0 Å². The maximum absolute atomic E-state index is 11.7. The molecular weight excluding hydrogens is 422 g/mol. The summed E-state index contributed by atoms with van der Waals surface area (Å²) in [5.41, 5.74) is 7.65. The maximum atomic E-state index is 11.7. The summed E-state index contributed by atoms with van der Waals surface area (Å²) in [6.45, 7) is 3.24. The number of fused-ring (bicyclic) bond motifs is 3. The monoisotopic (exact) mass is 447 g/mol. The van der Waals surface area contributed by atoms with Crippen LogP contribution in [0.1, 0.15) is 23.2 Å². The molecule has 2 aromatic heterocycles. The summed E-state index contributed by atoms with van der Waals surface area (Å²) in [6, 6.07) is 10.5. The first-order valence-electron chi connectivity index (χ1n) is 11.2. The van der Waals surface area contributed by atoms with Gasteiger partial charge in [0.1, 0.15) is 18.2 Å². The number of primary amides is 1. The van der Waals surface area contributed by atoms with Crippen LogP contribution < -0.4 is 30.9 Å². The van der Waals surface area contributed by atoms with Gasteiger partial charge >= 0.3 is 0 Å². The normalized spacial score (nSPS) is 19.3. The Morgan fingerprint density at radius 2 is 2.12 bits per heavy atom. The first-order valence-corrected chi connectivity index (χ1v) is 11.2. The Kier molecular flexibility index (Phi) is 4.70. The van der Waals surface area contributed by atoms with Crippen LogP contribution in [-0.2, 0) is 0 Å². The van der Waals surface area contributed by atoms with Gasteiger partial charge in [-0.25, -0.2) is 4.98 Å². The molecule has 0 radical (unpaired) electrons. The number of nitrogens with zero attached hydrogens (tertiary/aromatic N) is 4. The van der Waals surface area contributed by atoms with Crippen LogP contribution in [0.5, 0.6) is 5.75 Å². The van der Waals surface area contributed by atoms with Gasteiger partial charge < -0.3 is 35.3 Å². The second kappa shape index (κ2) is 7.88. The number of ether oxygens (including phenoxy) is 1. The van der Waals surface area contributed by atoms with Crippen LogP contribution in [0.25, 0.3) is 0 Å². The molecule has 10 heteroatoms. The minimum Gasteiger partial charge on any atom is -0.489 e. The number of carbonyl (C=O) groups excluding carboxylic acids is 1. The van der Waals surface area contributed by atoms with Crippen molar-refractivity contribution in [3.05, 3.63) is 48.4 Å². The van der Waals surface area contributed by atoms with Crippen LogP contribution in [0.3, 0.4) is 0 Å². The van der Waals surface area contributed by atoms with Crippen LogP contribution in [0.4, 0.5) is 29.0 Å². The Bertz CT molecular complexity index is 1180. The van der Waals surface area contributed by atoms with Crippen molar-refractivity contribution in [1.29, 1.82) is 0 Å². The molecule has 2 aliphatic heterocycles. The number of nitrogens with one attached hydrogen (secondary N) is 2. The fourth-order valence-electron chi connectivity index (χ4n) is 4.38. The molecule has 0 bridgehead atoms. The molecule has 2 fully saturated rings. The van der Waals surface area contributed by atoms with E-state index >= 15 is 0 Å². The molecule has 4 N–H and O–H groups in total. The zero-order chi connectivity index (χ0) is 22.4. The van der Waals surface area contributed by atoms with E-state index in [2.05, 4.69) is 36.5 Å².